The van der Waals surface area contributed by atoms with Gasteiger partial charge in [0.05, 0.1) is 18.7 Å². The highest BCUT2D eigenvalue weighted by Gasteiger charge is 2.01. The maximum Gasteiger partial charge on any atom is 0.134 e. The number of hydrogen-bond acceptors (Lipinski definition) is 2. The highest BCUT2D eigenvalue weighted by molar-refractivity contribution is 5.48. The Hall–Kier alpha value is -1.46. The van der Waals surface area contributed by atoms with Crippen LogP contribution in [0.2, 0.25) is 0 Å². The number of benzene rings is 1. The molecule has 0 atom stereocenters. The highest BCUT2D eigenvalue weighted by atomic mass is 16.5. The topological polar surface area (TPSA) is 35.2 Å². The molecule has 0 aliphatic rings. The highest BCUT2D eigenvalue weighted by Crippen LogP contribution is 2.19. The molecule has 1 rings (SSSR count). The molecule has 0 bridgehead atoms. The van der Waals surface area contributed by atoms with Gasteiger partial charge in [0.2, 0.25) is 0 Å². The molecular formula is C19H29NO. The molecule has 0 aliphatic heterocycles. The Balaban J connectivity index is 2.31. The number of hydrogen-bond donors (Lipinski definition) is 1. The van der Waals surface area contributed by atoms with Crippen LogP contribution in [0.5, 0.6) is 5.75 Å². The van der Waals surface area contributed by atoms with Crippen molar-refractivity contribution >= 4 is 0 Å². The third-order valence-electron chi connectivity index (χ3n) is 3.47. The van der Waals surface area contributed by atoms with E-state index in [2.05, 4.69) is 37.8 Å². The lowest BCUT2D eigenvalue weighted by atomic mass is 10.1. The van der Waals surface area contributed by atoms with Gasteiger partial charge in [-0.25, -0.2) is 0 Å². The van der Waals surface area contributed by atoms with Crippen LogP contribution in [-0.2, 0) is 0 Å². The number of nitrogens with two attached hydrogens (primary N) is 1. The van der Waals surface area contributed by atoms with Crippen molar-refractivity contribution < 1.29 is 4.74 Å². The molecule has 0 aromatic heterocycles. The molecule has 0 radical (unpaired) electrons. The zero-order valence-electron chi connectivity index (χ0n) is 13.6. The molecule has 2 N–H and O–H groups in total. The molecule has 0 saturated heterocycles. The quantitative estimate of drug-likeness (QED) is 0.538. The molecule has 0 fully saturated rings. The summed E-state index contributed by atoms with van der Waals surface area (Å²) < 4.78 is 5.87. The van der Waals surface area contributed by atoms with E-state index in [1.807, 2.05) is 6.07 Å². The Kier molecular flexibility index (Phi) is 9.40. The van der Waals surface area contributed by atoms with Gasteiger partial charge in [-0.15, -0.1) is 0 Å². The summed E-state index contributed by atoms with van der Waals surface area (Å²) in [4.78, 5) is 0. The van der Waals surface area contributed by atoms with Crippen molar-refractivity contribution in [3.63, 3.8) is 0 Å². The lowest BCUT2D eigenvalue weighted by Crippen LogP contribution is -2.00. The third-order valence-corrected chi connectivity index (χ3v) is 3.47. The number of rotatable bonds is 9. The smallest absolute Gasteiger partial charge is 0.134 e. The van der Waals surface area contributed by atoms with E-state index in [1.165, 1.54) is 44.1 Å². The Bertz CT molecular complexity index is 456. The van der Waals surface area contributed by atoms with Gasteiger partial charge in [0, 0.05) is 0 Å². The van der Waals surface area contributed by atoms with E-state index in [-0.39, 0.29) is 0 Å². The Morgan fingerprint density at radius 1 is 1.05 bits per heavy atom. The van der Waals surface area contributed by atoms with Gasteiger partial charge in [0.25, 0.3) is 0 Å². The summed E-state index contributed by atoms with van der Waals surface area (Å²) in [7, 11) is 0. The van der Waals surface area contributed by atoms with Crippen LogP contribution in [0.4, 0.5) is 0 Å². The molecular weight excluding hydrogens is 258 g/mol. The van der Waals surface area contributed by atoms with Gasteiger partial charge in [0.15, 0.2) is 0 Å². The fourth-order valence-electron chi connectivity index (χ4n) is 2.25. The van der Waals surface area contributed by atoms with E-state index >= 15 is 0 Å². The first-order chi connectivity index (χ1) is 10.3. The molecule has 21 heavy (non-hydrogen) atoms. The van der Waals surface area contributed by atoms with Gasteiger partial charge in [0.1, 0.15) is 5.75 Å². The molecule has 2 nitrogen and oxygen atoms in total. The molecule has 116 valence electrons. The van der Waals surface area contributed by atoms with Gasteiger partial charge in [-0.05, 0) is 31.0 Å². The summed E-state index contributed by atoms with van der Waals surface area (Å²) in [5.41, 5.74) is 7.58. The standard InChI is InChI=1S/C19H29NO/c1-3-4-5-6-7-8-9-15-21-19-13-12-17(2)16-18(19)11-10-14-20/h12-13,16H,3-9,14-15,20H2,1-2H3. The van der Waals surface area contributed by atoms with Gasteiger partial charge in [-0.2, -0.15) is 0 Å². The normalized spacial score (nSPS) is 10.0. The lowest BCUT2D eigenvalue weighted by molar-refractivity contribution is 0.303. The predicted molar refractivity (Wildman–Crippen MR) is 90.6 cm³/mol. The molecule has 0 aliphatic carbocycles. The van der Waals surface area contributed by atoms with Crippen LogP contribution >= 0.6 is 0 Å². The van der Waals surface area contributed by atoms with Crippen molar-refractivity contribution in [3.8, 4) is 17.6 Å². The van der Waals surface area contributed by atoms with E-state index < -0.39 is 0 Å². The fourth-order valence-corrected chi connectivity index (χ4v) is 2.25. The van der Waals surface area contributed by atoms with E-state index in [0.717, 1.165) is 24.3 Å². The van der Waals surface area contributed by atoms with E-state index in [0.29, 0.717) is 6.54 Å². The zero-order valence-corrected chi connectivity index (χ0v) is 13.6. The van der Waals surface area contributed by atoms with E-state index in [4.69, 9.17) is 10.5 Å². The second-order valence-corrected chi connectivity index (χ2v) is 5.48. The molecule has 0 saturated carbocycles. The summed E-state index contributed by atoms with van der Waals surface area (Å²) in [6.07, 6.45) is 9.08. The second-order valence-electron chi connectivity index (χ2n) is 5.48. The molecule has 0 heterocycles. The largest absolute Gasteiger partial charge is 0.492 e. The van der Waals surface area contributed by atoms with Crippen LogP contribution in [-0.4, -0.2) is 13.2 Å². The molecule has 0 unspecified atom stereocenters. The van der Waals surface area contributed by atoms with Crippen molar-refractivity contribution in [1.29, 1.82) is 0 Å². The minimum atomic E-state index is 0.380. The number of unbranched alkanes of at least 4 members (excludes halogenated alkanes) is 6. The molecule has 2 heteroatoms. The van der Waals surface area contributed by atoms with Crippen molar-refractivity contribution in [2.45, 2.75) is 58.8 Å². The summed E-state index contributed by atoms with van der Waals surface area (Å²) in [6, 6.07) is 6.13. The van der Waals surface area contributed by atoms with Gasteiger partial charge in [-0.3, -0.25) is 0 Å². The average molecular weight is 287 g/mol. The molecule has 0 spiro atoms. The summed E-state index contributed by atoms with van der Waals surface area (Å²) in [5, 5.41) is 0. The van der Waals surface area contributed by atoms with Crippen molar-refractivity contribution in [2.24, 2.45) is 5.73 Å². The van der Waals surface area contributed by atoms with Crippen LogP contribution in [0.1, 0.15) is 63.0 Å². The van der Waals surface area contributed by atoms with Crippen molar-refractivity contribution in [1.82, 2.24) is 0 Å². The van der Waals surface area contributed by atoms with E-state index in [1.54, 1.807) is 0 Å². The lowest BCUT2D eigenvalue weighted by Gasteiger charge is -2.09. The van der Waals surface area contributed by atoms with Gasteiger partial charge < -0.3 is 10.5 Å². The fraction of sp³-hybridized carbons (Fsp3) is 0.579. The van der Waals surface area contributed by atoms with Crippen LogP contribution in [0, 0.1) is 18.8 Å². The van der Waals surface area contributed by atoms with Crippen molar-refractivity contribution in [3.05, 3.63) is 29.3 Å². The molecule has 1 aromatic carbocycles. The van der Waals surface area contributed by atoms with Crippen molar-refractivity contribution in [2.75, 3.05) is 13.2 Å². The predicted octanol–water partition coefficient (Wildman–Crippen LogP) is 4.43. The van der Waals surface area contributed by atoms with Gasteiger partial charge in [-0.1, -0.05) is 63.4 Å². The minimum absolute atomic E-state index is 0.380. The van der Waals surface area contributed by atoms with E-state index in [9.17, 15) is 0 Å². The Morgan fingerprint density at radius 3 is 2.48 bits per heavy atom. The summed E-state index contributed by atoms with van der Waals surface area (Å²) in [6.45, 7) is 5.47. The second kappa shape index (κ2) is 11.2. The first kappa shape index (κ1) is 17.6. The van der Waals surface area contributed by atoms with Crippen LogP contribution in [0.3, 0.4) is 0 Å². The molecule has 1 aromatic rings. The monoisotopic (exact) mass is 287 g/mol. The van der Waals surface area contributed by atoms with Crippen LogP contribution < -0.4 is 10.5 Å². The number of aryl methyl sites for hydroxylation is 1. The van der Waals surface area contributed by atoms with Crippen LogP contribution in [0.25, 0.3) is 0 Å². The average Bonchev–Trinajstić information content (AvgIpc) is 2.49. The Labute approximate surface area is 130 Å². The van der Waals surface area contributed by atoms with Gasteiger partial charge >= 0.3 is 0 Å². The first-order valence-corrected chi connectivity index (χ1v) is 8.20. The maximum absolute atomic E-state index is 5.87. The third kappa shape index (κ3) is 7.78. The zero-order chi connectivity index (χ0) is 15.3. The molecule has 0 amide bonds. The number of ether oxygens (including phenoxy) is 1. The van der Waals surface area contributed by atoms with Crippen LogP contribution in [0.15, 0.2) is 18.2 Å². The Morgan fingerprint density at radius 2 is 1.76 bits per heavy atom. The maximum atomic E-state index is 5.87. The summed E-state index contributed by atoms with van der Waals surface area (Å²) >= 11 is 0. The SMILES string of the molecule is CCCCCCCCCOc1ccc(C)cc1C#CCN. The summed E-state index contributed by atoms with van der Waals surface area (Å²) in [5.74, 6) is 6.87. The minimum Gasteiger partial charge on any atom is -0.492 e. The first-order valence-electron chi connectivity index (χ1n) is 8.20.